The molecule has 1 fully saturated rings. The van der Waals surface area contributed by atoms with Crippen LogP contribution in [0.1, 0.15) is 5.56 Å². The fourth-order valence-corrected chi connectivity index (χ4v) is 4.08. The number of anilines is 2. The Morgan fingerprint density at radius 2 is 1.80 bits per heavy atom. The summed E-state index contributed by atoms with van der Waals surface area (Å²) in [6.45, 7) is 3.16. The highest BCUT2D eigenvalue weighted by molar-refractivity contribution is 6.38. The number of aryl methyl sites for hydroxylation is 1. The second-order valence-corrected chi connectivity index (χ2v) is 8.18. The van der Waals surface area contributed by atoms with Gasteiger partial charge in [-0.15, -0.1) is 0 Å². The molecule has 0 radical (unpaired) electrons. The Kier molecular flexibility index (Phi) is 7.28. The van der Waals surface area contributed by atoms with E-state index in [0.29, 0.717) is 46.1 Å². The lowest BCUT2D eigenvalue weighted by molar-refractivity contribution is -0.145. The van der Waals surface area contributed by atoms with E-state index in [1.165, 1.54) is 19.5 Å². The second-order valence-electron chi connectivity index (χ2n) is 6.96. The van der Waals surface area contributed by atoms with Crippen molar-refractivity contribution in [3.8, 4) is 0 Å². The van der Waals surface area contributed by atoms with Crippen LogP contribution in [0.2, 0.25) is 15.1 Å². The van der Waals surface area contributed by atoms with Crippen molar-refractivity contribution in [3.63, 3.8) is 0 Å². The third-order valence-corrected chi connectivity index (χ3v) is 5.87. The summed E-state index contributed by atoms with van der Waals surface area (Å²) in [5.41, 5.74) is 2.07. The highest BCUT2D eigenvalue weighted by atomic mass is 35.5. The number of carbonyl (C=O) groups excluding carboxylic acids is 2. The first-order valence-corrected chi connectivity index (χ1v) is 10.4. The predicted octanol–water partition coefficient (Wildman–Crippen LogP) is 4.49. The third kappa shape index (κ3) is 5.09. The Hall–Kier alpha value is -2.22. The van der Waals surface area contributed by atoms with Gasteiger partial charge in [-0.1, -0.05) is 40.9 Å². The van der Waals surface area contributed by atoms with E-state index in [0.717, 1.165) is 5.56 Å². The number of benzene rings is 1. The van der Waals surface area contributed by atoms with Crippen molar-refractivity contribution in [2.45, 2.75) is 6.92 Å². The Labute approximate surface area is 189 Å². The van der Waals surface area contributed by atoms with Crippen molar-refractivity contribution < 1.29 is 14.3 Å². The van der Waals surface area contributed by atoms with E-state index < -0.39 is 11.9 Å². The molecule has 2 amide bonds. The lowest BCUT2D eigenvalue weighted by Crippen LogP contribution is -2.40. The number of methoxy groups -OCH3 is 1. The highest BCUT2D eigenvalue weighted by Crippen LogP contribution is 2.34. The fraction of sp³-hybridized carbons (Fsp3) is 0.350. The molecule has 7 nitrogen and oxygen atoms in total. The number of urea groups is 1. The van der Waals surface area contributed by atoms with Crippen LogP contribution in [0.3, 0.4) is 0 Å². The zero-order valence-corrected chi connectivity index (χ0v) is 18.8. The van der Waals surface area contributed by atoms with Gasteiger partial charge >= 0.3 is 12.0 Å². The molecular formula is C20H21Cl3N4O3. The second kappa shape index (κ2) is 9.73. The molecule has 30 heavy (non-hydrogen) atoms. The molecule has 10 heteroatoms. The molecule has 0 saturated carbocycles. The van der Waals surface area contributed by atoms with Gasteiger partial charge in [0.25, 0.3) is 0 Å². The van der Waals surface area contributed by atoms with Crippen LogP contribution < -0.4 is 10.2 Å². The molecule has 1 N–H and O–H groups in total. The van der Waals surface area contributed by atoms with Gasteiger partial charge in [-0.05, 0) is 24.6 Å². The minimum Gasteiger partial charge on any atom is -0.469 e. The van der Waals surface area contributed by atoms with Gasteiger partial charge in [0.2, 0.25) is 0 Å². The van der Waals surface area contributed by atoms with E-state index in [1.54, 1.807) is 17.0 Å². The molecule has 0 spiro atoms. The minimum atomic E-state index is -0.579. The van der Waals surface area contributed by atoms with E-state index in [4.69, 9.17) is 39.5 Å². The van der Waals surface area contributed by atoms with Crippen molar-refractivity contribution in [1.29, 1.82) is 0 Å². The van der Waals surface area contributed by atoms with Gasteiger partial charge in [-0.3, -0.25) is 9.78 Å². The van der Waals surface area contributed by atoms with Crippen molar-refractivity contribution in [2.24, 2.45) is 5.92 Å². The largest absolute Gasteiger partial charge is 0.469 e. The number of esters is 1. The molecule has 2 aromatic rings. The normalized spacial score (nSPS) is 16.8. The predicted molar refractivity (Wildman–Crippen MR) is 119 cm³/mol. The van der Waals surface area contributed by atoms with Crippen LogP contribution in [0.15, 0.2) is 30.6 Å². The Bertz CT molecular complexity index is 937. The molecule has 2 heterocycles. The monoisotopic (exact) mass is 470 g/mol. The maximum absolute atomic E-state index is 12.9. The zero-order valence-electron chi connectivity index (χ0n) is 16.5. The Balaban J connectivity index is 1.82. The van der Waals surface area contributed by atoms with E-state index >= 15 is 0 Å². The third-order valence-electron chi connectivity index (χ3n) is 4.91. The van der Waals surface area contributed by atoms with Crippen LogP contribution in [0, 0.1) is 12.8 Å². The summed E-state index contributed by atoms with van der Waals surface area (Å²) in [6.07, 6.45) is 2.98. The number of hydrogen-bond acceptors (Lipinski definition) is 5. The Morgan fingerprint density at radius 1 is 1.10 bits per heavy atom. The van der Waals surface area contributed by atoms with Crippen LogP contribution in [-0.2, 0) is 9.53 Å². The molecule has 3 rings (SSSR count). The SMILES string of the molecule is COC(=O)C1CN(C(=O)Nc2ccc(C)c(Cl)c2)CCN(c2c(Cl)cncc2Cl)C1. The number of halogens is 3. The number of hydrogen-bond donors (Lipinski definition) is 1. The molecule has 160 valence electrons. The average Bonchev–Trinajstić information content (AvgIpc) is 2.93. The summed E-state index contributed by atoms with van der Waals surface area (Å²) in [4.78, 5) is 32.7. The summed E-state index contributed by atoms with van der Waals surface area (Å²) < 4.78 is 4.95. The summed E-state index contributed by atoms with van der Waals surface area (Å²) in [7, 11) is 1.32. The Morgan fingerprint density at radius 3 is 2.43 bits per heavy atom. The molecule has 0 bridgehead atoms. The molecule has 1 aromatic carbocycles. The molecule has 1 unspecified atom stereocenters. The molecule has 1 aliphatic rings. The van der Waals surface area contributed by atoms with Crippen molar-refractivity contribution >= 4 is 58.2 Å². The first-order valence-electron chi connectivity index (χ1n) is 9.24. The number of aromatic nitrogens is 1. The number of nitrogens with one attached hydrogen (secondary N) is 1. The standard InChI is InChI=1S/C20H21Cl3N4O3/c1-12-3-4-14(7-15(12)21)25-20(29)27-6-5-26(10-13(11-27)19(28)30-2)18-16(22)8-24-9-17(18)23/h3-4,7-9,13H,5-6,10-11H2,1-2H3,(H,25,29). The summed E-state index contributed by atoms with van der Waals surface area (Å²) in [6, 6.07) is 4.95. The van der Waals surface area contributed by atoms with Crippen LogP contribution in [-0.4, -0.2) is 55.2 Å². The molecule has 1 aromatic heterocycles. The summed E-state index contributed by atoms with van der Waals surface area (Å²) in [5.74, 6) is -0.996. The van der Waals surface area contributed by atoms with Gasteiger partial charge in [0.15, 0.2) is 0 Å². The number of carbonyl (C=O) groups is 2. The summed E-state index contributed by atoms with van der Waals surface area (Å²) in [5, 5.41) is 4.14. The van der Waals surface area contributed by atoms with E-state index in [1.807, 2.05) is 17.9 Å². The average molecular weight is 472 g/mol. The minimum absolute atomic E-state index is 0.189. The fourth-order valence-electron chi connectivity index (χ4n) is 3.30. The number of ether oxygens (including phenoxy) is 1. The van der Waals surface area contributed by atoms with Crippen molar-refractivity contribution in [3.05, 3.63) is 51.2 Å². The van der Waals surface area contributed by atoms with Gasteiger partial charge in [-0.2, -0.15) is 0 Å². The molecular weight excluding hydrogens is 451 g/mol. The maximum atomic E-state index is 12.9. The van der Waals surface area contributed by atoms with Crippen LogP contribution in [0.5, 0.6) is 0 Å². The maximum Gasteiger partial charge on any atom is 0.321 e. The smallest absolute Gasteiger partial charge is 0.321 e. The quantitative estimate of drug-likeness (QED) is 0.668. The van der Waals surface area contributed by atoms with Gasteiger partial charge in [0.1, 0.15) is 0 Å². The van der Waals surface area contributed by atoms with Crippen molar-refractivity contribution in [2.75, 3.05) is 43.5 Å². The summed E-state index contributed by atoms with van der Waals surface area (Å²) >= 11 is 18.7. The van der Waals surface area contributed by atoms with E-state index in [2.05, 4.69) is 10.3 Å². The van der Waals surface area contributed by atoms with Crippen molar-refractivity contribution in [1.82, 2.24) is 9.88 Å². The first-order chi connectivity index (χ1) is 14.3. The first kappa shape index (κ1) is 22.5. The molecule has 0 aliphatic carbocycles. The van der Waals surface area contributed by atoms with Crippen LogP contribution in [0.4, 0.5) is 16.2 Å². The lowest BCUT2D eigenvalue weighted by Gasteiger charge is -2.26. The topological polar surface area (TPSA) is 74.8 Å². The molecule has 1 saturated heterocycles. The van der Waals surface area contributed by atoms with Gasteiger partial charge < -0.3 is 19.9 Å². The highest BCUT2D eigenvalue weighted by Gasteiger charge is 2.32. The zero-order chi connectivity index (χ0) is 21.8. The lowest BCUT2D eigenvalue weighted by atomic mass is 10.1. The van der Waals surface area contributed by atoms with Gasteiger partial charge in [-0.25, -0.2) is 4.79 Å². The molecule has 1 atom stereocenters. The number of nitrogens with zero attached hydrogens (tertiary/aromatic N) is 3. The van der Waals surface area contributed by atoms with Gasteiger partial charge in [0, 0.05) is 49.3 Å². The number of amides is 2. The van der Waals surface area contributed by atoms with Crippen LogP contribution >= 0.6 is 34.8 Å². The van der Waals surface area contributed by atoms with E-state index in [9.17, 15) is 9.59 Å². The van der Waals surface area contributed by atoms with Crippen LogP contribution in [0.25, 0.3) is 0 Å². The number of pyridine rings is 1. The number of rotatable bonds is 3. The van der Waals surface area contributed by atoms with E-state index in [-0.39, 0.29) is 12.6 Å². The molecule has 1 aliphatic heterocycles. The van der Waals surface area contributed by atoms with Gasteiger partial charge in [0.05, 0.1) is 28.8 Å².